The van der Waals surface area contributed by atoms with E-state index in [1.165, 1.54) is 24.3 Å². The van der Waals surface area contributed by atoms with Crippen LogP contribution in [0.25, 0.3) is 11.3 Å². The van der Waals surface area contributed by atoms with Crippen LogP contribution < -0.4 is 16.6 Å². The molecule has 10 heteroatoms. The maximum Gasteiger partial charge on any atom is 0.416 e. The van der Waals surface area contributed by atoms with Gasteiger partial charge in [-0.2, -0.15) is 13.2 Å². The lowest BCUT2D eigenvalue weighted by molar-refractivity contribution is -0.137. The van der Waals surface area contributed by atoms with Crippen molar-refractivity contribution in [1.29, 1.82) is 0 Å². The highest BCUT2D eigenvalue weighted by molar-refractivity contribution is 6.00. The van der Waals surface area contributed by atoms with Crippen molar-refractivity contribution in [3.63, 3.8) is 0 Å². The molecule has 0 radical (unpaired) electrons. The SMILES string of the molecule is O=C1CCCC2=C1C(c1ccc(-c3cccc(C(F)(F)F)c3)o1)c1c([nH]c(=O)[nH]c1=O)N2. The van der Waals surface area contributed by atoms with E-state index in [1.54, 1.807) is 0 Å². The van der Waals surface area contributed by atoms with Crippen molar-refractivity contribution in [1.82, 2.24) is 9.97 Å². The number of fused-ring (bicyclic) bond motifs is 1. The Bertz CT molecular complexity index is 1390. The maximum absolute atomic E-state index is 13.1. The zero-order chi connectivity index (χ0) is 22.6. The molecule has 164 valence electrons. The van der Waals surface area contributed by atoms with E-state index in [0.29, 0.717) is 30.5 Å². The first kappa shape index (κ1) is 20.1. The molecule has 5 rings (SSSR count). The minimum absolute atomic E-state index is 0.114. The monoisotopic (exact) mass is 443 g/mol. The van der Waals surface area contributed by atoms with Gasteiger partial charge in [-0.3, -0.25) is 19.6 Å². The summed E-state index contributed by atoms with van der Waals surface area (Å²) >= 11 is 0. The predicted octanol–water partition coefficient (Wildman–Crippen LogP) is 3.91. The topological polar surface area (TPSA) is 108 Å². The molecule has 3 N–H and O–H groups in total. The van der Waals surface area contributed by atoms with Crippen LogP contribution in [0.5, 0.6) is 0 Å². The third-order valence-electron chi connectivity index (χ3n) is 5.67. The van der Waals surface area contributed by atoms with E-state index in [9.17, 15) is 27.6 Å². The van der Waals surface area contributed by atoms with Crippen LogP contribution in [0.4, 0.5) is 19.0 Å². The van der Waals surface area contributed by atoms with Gasteiger partial charge in [-0.25, -0.2) is 4.79 Å². The molecule has 3 heterocycles. The molecule has 3 aromatic rings. The first-order valence-electron chi connectivity index (χ1n) is 9.89. The fourth-order valence-electron chi connectivity index (χ4n) is 4.29. The number of H-pyrrole nitrogens is 2. The van der Waals surface area contributed by atoms with Crippen molar-refractivity contribution in [2.45, 2.75) is 31.4 Å². The lowest BCUT2D eigenvalue weighted by Gasteiger charge is -2.31. The predicted molar refractivity (Wildman–Crippen MR) is 108 cm³/mol. The highest BCUT2D eigenvalue weighted by Gasteiger charge is 2.39. The average Bonchev–Trinajstić information content (AvgIpc) is 3.22. The van der Waals surface area contributed by atoms with Crippen LogP contribution in [0, 0.1) is 0 Å². The molecule has 0 saturated carbocycles. The Hall–Kier alpha value is -3.82. The quantitative estimate of drug-likeness (QED) is 0.557. The molecule has 1 atom stereocenters. The molecule has 0 spiro atoms. The molecular weight excluding hydrogens is 427 g/mol. The summed E-state index contributed by atoms with van der Waals surface area (Å²) in [6.07, 6.45) is -3.04. The van der Waals surface area contributed by atoms with E-state index >= 15 is 0 Å². The van der Waals surface area contributed by atoms with Gasteiger partial charge < -0.3 is 9.73 Å². The summed E-state index contributed by atoms with van der Waals surface area (Å²) in [5.74, 6) is -0.488. The lowest BCUT2D eigenvalue weighted by atomic mass is 9.79. The van der Waals surface area contributed by atoms with Gasteiger partial charge in [0.25, 0.3) is 5.56 Å². The van der Waals surface area contributed by atoms with E-state index in [1.807, 2.05) is 0 Å². The number of aromatic nitrogens is 2. The Morgan fingerprint density at radius 3 is 2.59 bits per heavy atom. The van der Waals surface area contributed by atoms with Gasteiger partial charge in [-0.15, -0.1) is 0 Å². The van der Waals surface area contributed by atoms with Crippen LogP contribution in [-0.2, 0) is 11.0 Å². The number of benzene rings is 1. The van der Waals surface area contributed by atoms with Crippen molar-refractivity contribution < 1.29 is 22.4 Å². The largest absolute Gasteiger partial charge is 0.460 e. The maximum atomic E-state index is 13.1. The number of Topliss-reactive ketones (excluding diaryl/α,β-unsaturated/α-hetero) is 1. The average molecular weight is 443 g/mol. The third kappa shape index (κ3) is 3.28. The fraction of sp³-hybridized carbons (Fsp3) is 0.227. The number of rotatable bonds is 2. The van der Waals surface area contributed by atoms with E-state index in [4.69, 9.17) is 4.42 Å². The molecule has 0 saturated heterocycles. The van der Waals surface area contributed by atoms with Gasteiger partial charge in [-0.1, -0.05) is 12.1 Å². The number of ketones is 1. The van der Waals surface area contributed by atoms with Crippen molar-refractivity contribution >= 4 is 11.6 Å². The number of carbonyl (C=O) groups is 1. The van der Waals surface area contributed by atoms with E-state index in [2.05, 4.69) is 15.3 Å². The van der Waals surface area contributed by atoms with Crippen molar-refractivity contribution in [3.8, 4) is 11.3 Å². The Kier molecular flexibility index (Phi) is 4.47. The number of hydrogen-bond acceptors (Lipinski definition) is 5. The van der Waals surface area contributed by atoms with Crippen molar-refractivity contribution in [2.75, 3.05) is 5.32 Å². The summed E-state index contributed by atoms with van der Waals surface area (Å²) in [6, 6.07) is 7.73. The fourth-order valence-corrected chi connectivity index (χ4v) is 4.29. The van der Waals surface area contributed by atoms with Crippen LogP contribution >= 0.6 is 0 Å². The highest BCUT2D eigenvalue weighted by atomic mass is 19.4. The van der Waals surface area contributed by atoms with Gasteiger partial charge in [0.1, 0.15) is 17.3 Å². The zero-order valence-electron chi connectivity index (χ0n) is 16.4. The highest BCUT2D eigenvalue weighted by Crippen LogP contribution is 2.44. The Labute approximate surface area is 178 Å². The van der Waals surface area contributed by atoms with Gasteiger partial charge >= 0.3 is 11.9 Å². The lowest BCUT2D eigenvalue weighted by Crippen LogP contribution is -2.35. The van der Waals surface area contributed by atoms with Gasteiger partial charge in [-0.05, 0) is 37.1 Å². The van der Waals surface area contributed by atoms with Crippen LogP contribution in [0.1, 0.15) is 42.1 Å². The molecule has 1 unspecified atom stereocenters. The molecule has 2 aromatic heterocycles. The van der Waals surface area contributed by atoms with E-state index in [-0.39, 0.29) is 34.2 Å². The van der Waals surface area contributed by atoms with E-state index < -0.39 is 28.9 Å². The second-order valence-corrected chi connectivity index (χ2v) is 7.70. The number of carbonyl (C=O) groups excluding carboxylic acids is 1. The van der Waals surface area contributed by atoms with Crippen LogP contribution in [0.2, 0.25) is 0 Å². The molecule has 0 fully saturated rings. The van der Waals surface area contributed by atoms with Gasteiger partial charge in [0.05, 0.1) is 17.0 Å². The number of hydrogen-bond donors (Lipinski definition) is 3. The standard InChI is InChI=1S/C22H16F3N3O4/c23-22(24,25)11-4-1-3-10(9-11)14-7-8-15(32-14)17-16-12(5-2-6-13(16)29)26-19-18(17)20(30)28-21(31)27-19/h1,3-4,7-9,17H,2,5-6H2,(H3,26,27,28,30,31). The molecular formula is C22H16F3N3O4. The van der Waals surface area contributed by atoms with Crippen molar-refractivity contribution in [2.24, 2.45) is 0 Å². The number of aromatic amines is 2. The molecule has 0 bridgehead atoms. The van der Waals surface area contributed by atoms with Crippen LogP contribution in [0.3, 0.4) is 0 Å². The van der Waals surface area contributed by atoms with E-state index in [0.717, 1.165) is 12.1 Å². The minimum Gasteiger partial charge on any atom is -0.460 e. The third-order valence-corrected chi connectivity index (χ3v) is 5.67. The first-order chi connectivity index (χ1) is 15.2. The number of halogens is 3. The number of alkyl halides is 3. The number of furan rings is 1. The Morgan fingerprint density at radius 2 is 1.81 bits per heavy atom. The zero-order valence-corrected chi connectivity index (χ0v) is 16.4. The molecule has 7 nitrogen and oxygen atoms in total. The molecule has 2 aliphatic rings. The number of anilines is 1. The van der Waals surface area contributed by atoms with Crippen LogP contribution in [-0.4, -0.2) is 15.8 Å². The molecule has 0 amide bonds. The van der Waals surface area contributed by atoms with Gasteiger partial charge in [0, 0.05) is 23.3 Å². The molecule has 1 aliphatic carbocycles. The molecule has 32 heavy (non-hydrogen) atoms. The summed E-state index contributed by atoms with van der Waals surface area (Å²) in [7, 11) is 0. The summed E-state index contributed by atoms with van der Waals surface area (Å²) in [6.45, 7) is 0. The first-order valence-corrected chi connectivity index (χ1v) is 9.89. The second-order valence-electron chi connectivity index (χ2n) is 7.70. The summed E-state index contributed by atoms with van der Waals surface area (Å²) in [4.78, 5) is 41.9. The van der Waals surface area contributed by atoms with Crippen molar-refractivity contribution in [3.05, 3.63) is 85.4 Å². The molecule has 1 aromatic carbocycles. The smallest absolute Gasteiger partial charge is 0.416 e. The number of allylic oxidation sites excluding steroid dienone is 2. The summed E-state index contributed by atoms with van der Waals surface area (Å²) in [5.41, 5.74) is -0.910. The summed E-state index contributed by atoms with van der Waals surface area (Å²) < 4.78 is 45.2. The minimum atomic E-state index is -4.51. The Morgan fingerprint density at radius 1 is 1.00 bits per heavy atom. The summed E-state index contributed by atoms with van der Waals surface area (Å²) in [5, 5.41) is 2.99. The van der Waals surface area contributed by atoms with Gasteiger partial charge in [0.2, 0.25) is 0 Å². The normalized spacial score (nSPS) is 18.2. The molecule has 1 aliphatic heterocycles. The Balaban J connectivity index is 1.66. The second kappa shape index (κ2) is 7.11. The van der Waals surface area contributed by atoms with Gasteiger partial charge in [0.15, 0.2) is 5.78 Å². The van der Waals surface area contributed by atoms with Crippen LogP contribution in [0.15, 0.2) is 61.7 Å². The number of nitrogens with one attached hydrogen (secondary N) is 3.